The predicted molar refractivity (Wildman–Crippen MR) is 149 cm³/mol. The van der Waals surface area contributed by atoms with E-state index in [1.807, 2.05) is 50.2 Å². The Hall–Kier alpha value is -3.88. The number of nitrogens with zero attached hydrogens (tertiary/aromatic N) is 2. The van der Waals surface area contributed by atoms with Crippen molar-refractivity contribution >= 4 is 36.6 Å². The summed E-state index contributed by atoms with van der Waals surface area (Å²) in [5.74, 6) is 0. The first-order valence-corrected chi connectivity index (χ1v) is 15.2. The Morgan fingerprint density at radius 1 is 0.658 bits per heavy atom. The van der Waals surface area contributed by atoms with E-state index in [-0.39, 0.29) is 9.79 Å². The lowest BCUT2D eigenvalue weighted by Gasteiger charge is -2.27. The molecule has 0 spiro atoms. The zero-order valence-electron chi connectivity index (χ0n) is 20.9. The molecule has 0 bridgehead atoms. The molecule has 6 nitrogen and oxygen atoms in total. The fraction of sp³-hybridized carbons (Fsp3) is 0.133. The van der Waals surface area contributed by atoms with Crippen molar-refractivity contribution < 1.29 is 16.8 Å². The third-order valence-electron chi connectivity index (χ3n) is 7.15. The highest BCUT2D eigenvalue weighted by Crippen LogP contribution is 2.46. The topological polar surface area (TPSA) is 76.5 Å². The molecule has 1 aromatic heterocycles. The normalized spacial score (nSPS) is 15.6. The molecule has 38 heavy (non-hydrogen) atoms. The average molecular weight is 543 g/mol. The Labute approximate surface area is 222 Å². The van der Waals surface area contributed by atoms with E-state index in [1.54, 1.807) is 66.9 Å². The van der Waals surface area contributed by atoms with Gasteiger partial charge in [0.2, 0.25) is 0 Å². The van der Waals surface area contributed by atoms with Crippen LogP contribution in [0.15, 0.2) is 113 Å². The first kappa shape index (κ1) is 24.5. The highest BCUT2D eigenvalue weighted by molar-refractivity contribution is 7.93. The van der Waals surface area contributed by atoms with Crippen LogP contribution in [0, 0.1) is 13.8 Å². The molecule has 2 heterocycles. The summed E-state index contributed by atoms with van der Waals surface area (Å²) in [6.07, 6.45) is 2.02. The lowest BCUT2D eigenvalue weighted by Crippen LogP contribution is -2.32. The van der Waals surface area contributed by atoms with Crippen molar-refractivity contribution in [3.8, 4) is 0 Å². The Morgan fingerprint density at radius 3 is 1.87 bits per heavy atom. The number of hydrogen-bond acceptors (Lipinski definition) is 4. The van der Waals surface area contributed by atoms with E-state index >= 15 is 0 Å². The van der Waals surface area contributed by atoms with Crippen molar-refractivity contribution in [2.45, 2.75) is 36.1 Å². The van der Waals surface area contributed by atoms with Crippen molar-refractivity contribution in [3.05, 3.63) is 126 Å². The van der Waals surface area contributed by atoms with Crippen LogP contribution in [0.25, 0.3) is 10.9 Å². The van der Waals surface area contributed by atoms with Gasteiger partial charge in [-0.15, -0.1) is 0 Å². The van der Waals surface area contributed by atoms with Crippen LogP contribution in [0.3, 0.4) is 0 Å². The van der Waals surface area contributed by atoms with Crippen LogP contribution in [0.4, 0.5) is 5.69 Å². The van der Waals surface area contributed by atoms with Crippen LogP contribution in [0.1, 0.15) is 28.3 Å². The Kier molecular flexibility index (Phi) is 5.70. The van der Waals surface area contributed by atoms with Gasteiger partial charge in [-0.2, -0.15) is 0 Å². The molecular weight excluding hydrogens is 516 g/mol. The monoisotopic (exact) mass is 542 g/mol. The number of para-hydroxylation sites is 2. The van der Waals surface area contributed by atoms with E-state index in [9.17, 15) is 16.8 Å². The third kappa shape index (κ3) is 3.83. The van der Waals surface area contributed by atoms with Crippen LogP contribution in [0.5, 0.6) is 0 Å². The van der Waals surface area contributed by atoms with E-state index < -0.39 is 26.1 Å². The SMILES string of the molecule is Cc1ccc(S(=O)(=O)N2c3ccccc3CC2c2cn(S(=O)(=O)c3ccc(C)cc3)c3ccccc23)cc1. The Bertz CT molecular complexity index is 1890. The standard InChI is InChI=1S/C30H26N2O4S2/c1-21-11-15-24(16-12-21)37(33,34)31-20-27(26-8-4-6-10-29(26)31)30-19-23-7-3-5-9-28(23)32(30)38(35,36)25-17-13-22(2)14-18-25/h3-18,20,30H,19H2,1-2H3. The van der Waals surface area contributed by atoms with Gasteiger partial charge in [0, 0.05) is 23.6 Å². The molecule has 6 rings (SSSR count). The molecule has 0 fully saturated rings. The summed E-state index contributed by atoms with van der Waals surface area (Å²) in [5.41, 5.74) is 4.58. The summed E-state index contributed by atoms with van der Waals surface area (Å²) in [6.45, 7) is 3.81. The number of rotatable bonds is 5. The van der Waals surface area contributed by atoms with Crippen LogP contribution in [-0.4, -0.2) is 20.8 Å². The Morgan fingerprint density at radius 2 is 1.21 bits per heavy atom. The molecule has 0 radical (unpaired) electrons. The van der Waals surface area contributed by atoms with Gasteiger partial charge < -0.3 is 0 Å². The van der Waals surface area contributed by atoms with Gasteiger partial charge >= 0.3 is 0 Å². The lowest BCUT2D eigenvalue weighted by atomic mass is 10.0. The first-order valence-electron chi connectivity index (χ1n) is 12.3. The molecule has 0 N–H and O–H groups in total. The summed E-state index contributed by atoms with van der Waals surface area (Å²) in [7, 11) is -7.86. The van der Waals surface area contributed by atoms with Gasteiger partial charge in [-0.3, -0.25) is 4.31 Å². The maximum absolute atomic E-state index is 14.1. The highest BCUT2D eigenvalue weighted by Gasteiger charge is 2.41. The molecule has 8 heteroatoms. The number of fused-ring (bicyclic) bond motifs is 2. The number of hydrogen-bond donors (Lipinski definition) is 0. The minimum absolute atomic E-state index is 0.175. The van der Waals surface area contributed by atoms with Crippen LogP contribution in [0.2, 0.25) is 0 Å². The molecule has 1 atom stereocenters. The van der Waals surface area contributed by atoms with Crippen LogP contribution >= 0.6 is 0 Å². The summed E-state index contributed by atoms with van der Waals surface area (Å²) in [4.78, 5) is 0.370. The van der Waals surface area contributed by atoms with Gasteiger partial charge in [0.25, 0.3) is 20.0 Å². The van der Waals surface area contributed by atoms with E-state index in [0.29, 0.717) is 28.6 Å². The molecule has 192 valence electrons. The van der Waals surface area contributed by atoms with Crippen molar-refractivity contribution in [1.29, 1.82) is 0 Å². The summed E-state index contributed by atoms with van der Waals surface area (Å²) in [6, 6.07) is 27.6. The zero-order valence-corrected chi connectivity index (χ0v) is 22.6. The predicted octanol–water partition coefficient (Wildman–Crippen LogP) is 5.99. The van der Waals surface area contributed by atoms with E-state index in [0.717, 1.165) is 16.7 Å². The number of aromatic nitrogens is 1. The average Bonchev–Trinajstić information content (AvgIpc) is 3.49. The van der Waals surface area contributed by atoms with Crippen molar-refractivity contribution in [2.75, 3.05) is 4.31 Å². The van der Waals surface area contributed by atoms with Crippen molar-refractivity contribution in [2.24, 2.45) is 0 Å². The van der Waals surface area contributed by atoms with Gasteiger partial charge in [0.1, 0.15) is 0 Å². The van der Waals surface area contributed by atoms with Gasteiger partial charge in [-0.1, -0.05) is 71.8 Å². The lowest BCUT2D eigenvalue weighted by molar-refractivity contribution is 0.583. The fourth-order valence-corrected chi connectivity index (χ4v) is 8.22. The molecule has 0 amide bonds. The fourth-order valence-electron chi connectivity index (χ4n) is 5.18. The van der Waals surface area contributed by atoms with Gasteiger partial charge in [0.05, 0.1) is 27.0 Å². The zero-order chi connectivity index (χ0) is 26.7. The Balaban J connectivity index is 1.56. The van der Waals surface area contributed by atoms with E-state index in [2.05, 4.69) is 0 Å². The quantitative estimate of drug-likeness (QED) is 0.273. The van der Waals surface area contributed by atoms with Gasteiger partial charge in [0.15, 0.2) is 0 Å². The molecule has 0 saturated carbocycles. The van der Waals surface area contributed by atoms with E-state index in [4.69, 9.17) is 0 Å². The number of aryl methyl sites for hydroxylation is 2. The van der Waals surface area contributed by atoms with Gasteiger partial charge in [-0.05, 0) is 55.8 Å². The molecule has 0 aliphatic carbocycles. The minimum atomic E-state index is -3.94. The van der Waals surface area contributed by atoms with Crippen LogP contribution in [-0.2, 0) is 26.5 Å². The second-order valence-corrected chi connectivity index (χ2v) is 13.3. The van der Waals surface area contributed by atoms with E-state index in [1.165, 1.54) is 8.28 Å². The third-order valence-corrected chi connectivity index (χ3v) is 10.7. The highest BCUT2D eigenvalue weighted by atomic mass is 32.2. The molecule has 1 aliphatic heterocycles. The minimum Gasteiger partial charge on any atom is -0.258 e. The number of benzene rings is 4. The molecule has 1 unspecified atom stereocenters. The maximum atomic E-state index is 14.1. The van der Waals surface area contributed by atoms with Crippen molar-refractivity contribution in [1.82, 2.24) is 3.97 Å². The second kappa shape index (κ2) is 8.85. The molecular formula is C30H26N2O4S2. The summed E-state index contributed by atoms with van der Waals surface area (Å²) < 4.78 is 58.4. The number of anilines is 1. The molecule has 4 aromatic carbocycles. The van der Waals surface area contributed by atoms with Gasteiger partial charge in [-0.25, -0.2) is 20.8 Å². The van der Waals surface area contributed by atoms with Crippen molar-refractivity contribution in [3.63, 3.8) is 0 Å². The first-order chi connectivity index (χ1) is 18.2. The molecule has 1 aliphatic rings. The molecule has 5 aromatic rings. The summed E-state index contributed by atoms with van der Waals surface area (Å²) >= 11 is 0. The van der Waals surface area contributed by atoms with Crippen LogP contribution < -0.4 is 4.31 Å². The summed E-state index contributed by atoms with van der Waals surface area (Å²) in [5, 5.41) is 0.699. The second-order valence-electron chi connectivity index (χ2n) is 9.68. The number of sulfonamides is 1. The largest absolute Gasteiger partial charge is 0.268 e. The molecule has 0 saturated heterocycles. The maximum Gasteiger partial charge on any atom is 0.268 e. The smallest absolute Gasteiger partial charge is 0.258 e.